The minimum atomic E-state index is -1.32. The van der Waals surface area contributed by atoms with Gasteiger partial charge < -0.3 is 4.90 Å². The van der Waals surface area contributed by atoms with Gasteiger partial charge in [-0.2, -0.15) is 0 Å². The summed E-state index contributed by atoms with van der Waals surface area (Å²) in [5.74, 6) is -0.132. The lowest BCUT2D eigenvalue weighted by molar-refractivity contribution is -0.131. The maximum atomic E-state index is 15.1. The summed E-state index contributed by atoms with van der Waals surface area (Å²) in [7, 11) is 0. The zero-order valence-corrected chi connectivity index (χ0v) is 12.1. The first-order chi connectivity index (χ1) is 8.98. The van der Waals surface area contributed by atoms with E-state index >= 15 is 4.39 Å². The molecule has 1 fully saturated rings. The average Bonchev–Trinajstić information content (AvgIpc) is 2.41. The minimum Gasteiger partial charge on any atom is -0.341 e. The number of carbonyl (C=O) groups excluding carboxylic acids is 1. The average molecular weight is 284 g/mol. The number of aryl methyl sites for hydroxylation is 1. The molecule has 1 aromatic rings. The molecule has 19 heavy (non-hydrogen) atoms. The molecule has 0 unspecified atom stereocenters. The normalized spacial score (nSPS) is 18.4. The van der Waals surface area contributed by atoms with E-state index in [-0.39, 0.29) is 11.8 Å². The van der Waals surface area contributed by atoms with Crippen LogP contribution in [0.3, 0.4) is 0 Å². The van der Waals surface area contributed by atoms with E-state index in [1.807, 2.05) is 32.0 Å². The second kappa shape index (κ2) is 5.49. The fourth-order valence-electron chi connectivity index (χ4n) is 2.70. The number of carbonyl (C=O) groups is 1. The van der Waals surface area contributed by atoms with Crippen LogP contribution < -0.4 is 0 Å². The van der Waals surface area contributed by atoms with Crippen molar-refractivity contribution < 1.29 is 9.18 Å². The van der Waals surface area contributed by atoms with Crippen LogP contribution in [0.15, 0.2) is 18.2 Å². The largest absolute Gasteiger partial charge is 0.341 e. The Morgan fingerprint density at radius 3 is 2.58 bits per heavy atom. The van der Waals surface area contributed by atoms with Gasteiger partial charge in [0.2, 0.25) is 5.91 Å². The van der Waals surface area contributed by atoms with Gasteiger partial charge in [0.05, 0.1) is 0 Å². The molecule has 1 aliphatic rings. The Morgan fingerprint density at radius 2 is 2.00 bits per heavy atom. The smallest absolute Gasteiger partial charge is 0.237 e. The number of piperidine rings is 1. The van der Waals surface area contributed by atoms with Crippen LogP contribution >= 0.6 is 11.6 Å². The first-order valence-corrected chi connectivity index (χ1v) is 7.11. The Balaban J connectivity index is 2.18. The Labute approximate surface area is 118 Å². The molecule has 0 saturated carbocycles. The topological polar surface area (TPSA) is 20.3 Å². The molecule has 1 amide bonds. The van der Waals surface area contributed by atoms with Gasteiger partial charge >= 0.3 is 0 Å². The van der Waals surface area contributed by atoms with Gasteiger partial charge in [0, 0.05) is 25.9 Å². The molecule has 0 radical (unpaired) electrons. The van der Waals surface area contributed by atoms with Crippen molar-refractivity contribution in [2.75, 3.05) is 19.0 Å². The second-order valence-electron chi connectivity index (χ2n) is 5.23. The number of nitrogens with zero attached hydrogens (tertiary/aromatic N) is 1. The standard InChI is InChI=1S/C15H19ClFNO/c1-11-4-3-5-13(12(11)2)15(17)6-8-18(9-7-15)14(19)10-16/h3-5H,6-10H2,1-2H3. The van der Waals surface area contributed by atoms with Crippen molar-refractivity contribution in [2.24, 2.45) is 0 Å². The van der Waals surface area contributed by atoms with E-state index in [9.17, 15) is 4.79 Å². The molecule has 1 heterocycles. The molecule has 0 spiro atoms. The summed E-state index contributed by atoms with van der Waals surface area (Å²) in [6.07, 6.45) is 0.694. The number of halogens is 2. The molecule has 0 N–H and O–H groups in total. The molecule has 1 saturated heterocycles. The number of alkyl halides is 2. The first kappa shape index (κ1) is 14.3. The summed E-state index contributed by atoms with van der Waals surface area (Å²) in [5, 5.41) is 0. The van der Waals surface area contributed by atoms with Crippen molar-refractivity contribution in [3.8, 4) is 0 Å². The SMILES string of the molecule is Cc1cccc(C2(F)CCN(C(=O)CCl)CC2)c1C. The Hall–Kier alpha value is -1.09. The molecule has 0 aliphatic carbocycles. The lowest BCUT2D eigenvalue weighted by Gasteiger charge is -2.37. The summed E-state index contributed by atoms with van der Waals surface area (Å²) in [4.78, 5) is 13.2. The first-order valence-electron chi connectivity index (χ1n) is 6.57. The fourth-order valence-corrected chi connectivity index (χ4v) is 2.87. The maximum Gasteiger partial charge on any atom is 0.237 e. The van der Waals surface area contributed by atoms with Crippen LogP contribution in [-0.2, 0) is 10.5 Å². The summed E-state index contributed by atoms with van der Waals surface area (Å²) in [6.45, 7) is 4.83. The van der Waals surface area contributed by atoms with E-state index in [2.05, 4.69) is 0 Å². The molecular formula is C15H19ClFNO. The van der Waals surface area contributed by atoms with E-state index in [1.54, 1.807) is 4.90 Å². The quantitative estimate of drug-likeness (QED) is 0.763. The molecule has 2 nitrogen and oxygen atoms in total. The van der Waals surface area contributed by atoms with Crippen molar-refractivity contribution in [2.45, 2.75) is 32.4 Å². The molecule has 1 aromatic carbocycles. The highest BCUT2D eigenvalue weighted by Gasteiger charge is 2.38. The van der Waals surface area contributed by atoms with E-state index in [0.29, 0.717) is 25.9 Å². The van der Waals surface area contributed by atoms with Gasteiger partial charge in [0.1, 0.15) is 11.5 Å². The van der Waals surface area contributed by atoms with Crippen LogP contribution in [0.1, 0.15) is 29.5 Å². The number of benzene rings is 1. The van der Waals surface area contributed by atoms with Crippen LogP contribution in [0.4, 0.5) is 4.39 Å². The molecule has 0 aromatic heterocycles. The molecule has 0 atom stereocenters. The van der Waals surface area contributed by atoms with Crippen LogP contribution in [0.5, 0.6) is 0 Å². The minimum absolute atomic E-state index is 0.0250. The maximum absolute atomic E-state index is 15.1. The van der Waals surface area contributed by atoms with Crippen LogP contribution in [0.25, 0.3) is 0 Å². The van der Waals surface area contributed by atoms with E-state index in [4.69, 9.17) is 11.6 Å². The third-order valence-electron chi connectivity index (χ3n) is 4.11. The number of likely N-dealkylation sites (tertiary alicyclic amines) is 1. The lowest BCUT2D eigenvalue weighted by atomic mass is 9.82. The third-order valence-corrected chi connectivity index (χ3v) is 4.34. The highest BCUT2D eigenvalue weighted by molar-refractivity contribution is 6.27. The lowest BCUT2D eigenvalue weighted by Crippen LogP contribution is -2.44. The van der Waals surface area contributed by atoms with Crippen molar-refractivity contribution in [1.29, 1.82) is 0 Å². The molecule has 2 rings (SSSR count). The number of hydrogen-bond acceptors (Lipinski definition) is 1. The summed E-state index contributed by atoms with van der Waals surface area (Å²) < 4.78 is 15.1. The van der Waals surface area contributed by atoms with Gasteiger partial charge in [-0.25, -0.2) is 4.39 Å². The zero-order chi connectivity index (χ0) is 14.0. The second-order valence-corrected chi connectivity index (χ2v) is 5.49. The van der Waals surface area contributed by atoms with Gasteiger partial charge in [-0.3, -0.25) is 4.79 Å². The fraction of sp³-hybridized carbons (Fsp3) is 0.533. The van der Waals surface area contributed by atoms with Crippen molar-refractivity contribution in [1.82, 2.24) is 4.90 Å². The zero-order valence-electron chi connectivity index (χ0n) is 11.4. The van der Waals surface area contributed by atoms with E-state index in [0.717, 1.165) is 16.7 Å². The van der Waals surface area contributed by atoms with E-state index in [1.165, 1.54) is 0 Å². The summed E-state index contributed by atoms with van der Waals surface area (Å²) in [5.41, 5.74) is 1.57. The predicted molar refractivity (Wildman–Crippen MR) is 75.2 cm³/mol. The highest BCUT2D eigenvalue weighted by Crippen LogP contribution is 2.39. The van der Waals surface area contributed by atoms with Crippen LogP contribution in [-0.4, -0.2) is 29.8 Å². The highest BCUT2D eigenvalue weighted by atomic mass is 35.5. The Bertz CT molecular complexity index is 481. The van der Waals surface area contributed by atoms with Crippen molar-refractivity contribution in [3.63, 3.8) is 0 Å². The van der Waals surface area contributed by atoms with Gasteiger partial charge in [-0.05, 0) is 30.5 Å². The van der Waals surface area contributed by atoms with Gasteiger partial charge in [-0.15, -0.1) is 11.6 Å². The number of rotatable bonds is 2. The number of amides is 1. The Morgan fingerprint density at radius 1 is 1.37 bits per heavy atom. The summed E-state index contributed by atoms with van der Waals surface area (Å²) in [6, 6.07) is 5.75. The summed E-state index contributed by atoms with van der Waals surface area (Å²) >= 11 is 5.53. The van der Waals surface area contributed by atoms with Gasteiger partial charge in [-0.1, -0.05) is 18.2 Å². The van der Waals surface area contributed by atoms with Crippen LogP contribution in [0.2, 0.25) is 0 Å². The van der Waals surface area contributed by atoms with Crippen LogP contribution in [0, 0.1) is 13.8 Å². The van der Waals surface area contributed by atoms with Crippen molar-refractivity contribution >= 4 is 17.5 Å². The Kier molecular flexibility index (Phi) is 4.14. The molecule has 1 aliphatic heterocycles. The number of hydrogen-bond donors (Lipinski definition) is 0. The monoisotopic (exact) mass is 283 g/mol. The van der Waals surface area contributed by atoms with E-state index < -0.39 is 5.67 Å². The van der Waals surface area contributed by atoms with Gasteiger partial charge in [0.15, 0.2) is 0 Å². The van der Waals surface area contributed by atoms with Gasteiger partial charge in [0.25, 0.3) is 0 Å². The molecule has 0 bridgehead atoms. The molecule has 104 valence electrons. The predicted octanol–water partition coefficient (Wildman–Crippen LogP) is 3.33. The van der Waals surface area contributed by atoms with Crippen molar-refractivity contribution in [3.05, 3.63) is 34.9 Å². The molecular weight excluding hydrogens is 265 g/mol. The molecule has 4 heteroatoms. The third kappa shape index (κ3) is 2.76.